The topological polar surface area (TPSA) is 58.9 Å². The number of aliphatic hydroxyl groups is 2. The first-order chi connectivity index (χ1) is 7.17. The third kappa shape index (κ3) is 3.51. The molecule has 4 heteroatoms. The fourth-order valence-corrected chi connectivity index (χ4v) is 1.25. The standard InChI is InChI=1S/C11H16O4/c1-14-9-5-3-8(4-6-9)10(12)7-11(13)15-2/h3-6,10-13H,7H2,1-2H3. The summed E-state index contributed by atoms with van der Waals surface area (Å²) in [6, 6.07) is 7.03. The lowest BCUT2D eigenvalue weighted by Gasteiger charge is -2.14. The highest BCUT2D eigenvalue weighted by Crippen LogP contribution is 2.21. The Bertz CT molecular complexity index is 283. The quantitative estimate of drug-likeness (QED) is 0.717. The molecule has 15 heavy (non-hydrogen) atoms. The van der Waals surface area contributed by atoms with Crippen LogP contribution in [0.1, 0.15) is 18.1 Å². The zero-order valence-electron chi connectivity index (χ0n) is 8.88. The summed E-state index contributed by atoms with van der Waals surface area (Å²) in [5.41, 5.74) is 0.729. The monoisotopic (exact) mass is 212 g/mol. The zero-order valence-corrected chi connectivity index (χ0v) is 8.88. The molecule has 0 aliphatic carbocycles. The third-order valence-electron chi connectivity index (χ3n) is 2.20. The number of aliphatic hydroxyl groups excluding tert-OH is 2. The molecule has 0 aliphatic rings. The Morgan fingerprint density at radius 3 is 2.20 bits per heavy atom. The Balaban J connectivity index is 2.61. The van der Waals surface area contributed by atoms with Crippen molar-refractivity contribution in [1.82, 2.24) is 0 Å². The fraction of sp³-hybridized carbons (Fsp3) is 0.455. The van der Waals surface area contributed by atoms with Crippen LogP contribution < -0.4 is 4.74 Å². The van der Waals surface area contributed by atoms with Crippen LogP contribution in [-0.2, 0) is 4.74 Å². The van der Waals surface area contributed by atoms with Crippen LogP contribution in [0.5, 0.6) is 5.75 Å². The van der Waals surface area contributed by atoms with Gasteiger partial charge in [-0.25, -0.2) is 0 Å². The van der Waals surface area contributed by atoms with E-state index in [-0.39, 0.29) is 6.42 Å². The van der Waals surface area contributed by atoms with Gasteiger partial charge in [0.2, 0.25) is 0 Å². The van der Waals surface area contributed by atoms with Gasteiger partial charge in [-0.05, 0) is 17.7 Å². The molecule has 0 saturated carbocycles. The molecule has 0 aromatic heterocycles. The number of rotatable bonds is 5. The summed E-state index contributed by atoms with van der Waals surface area (Å²) < 4.78 is 9.65. The van der Waals surface area contributed by atoms with Crippen molar-refractivity contribution in [3.05, 3.63) is 29.8 Å². The lowest BCUT2D eigenvalue weighted by molar-refractivity contribution is -0.0982. The van der Waals surface area contributed by atoms with Crippen LogP contribution in [0.15, 0.2) is 24.3 Å². The van der Waals surface area contributed by atoms with E-state index in [1.165, 1.54) is 7.11 Å². The SMILES string of the molecule is COc1ccc(C(O)CC(O)OC)cc1. The summed E-state index contributed by atoms with van der Waals surface area (Å²) in [4.78, 5) is 0. The van der Waals surface area contributed by atoms with E-state index < -0.39 is 12.4 Å². The Morgan fingerprint density at radius 2 is 1.73 bits per heavy atom. The van der Waals surface area contributed by atoms with Crippen molar-refractivity contribution in [2.24, 2.45) is 0 Å². The van der Waals surface area contributed by atoms with Gasteiger partial charge < -0.3 is 19.7 Å². The van der Waals surface area contributed by atoms with E-state index in [2.05, 4.69) is 4.74 Å². The second-order valence-corrected chi connectivity index (χ2v) is 3.22. The van der Waals surface area contributed by atoms with Crippen molar-refractivity contribution in [2.45, 2.75) is 18.8 Å². The van der Waals surface area contributed by atoms with E-state index in [1.807, 2.05) is 0 Å². The van der Waals surface area contributed by atoms with Crippen LogP contribution in [0.2, 0.25) is 0 Å². The molecule has 0 radical (unpaired) electrons. The second-order valence-electron chi connectivity index (χ2n) is 3.22. The summed E-state index contributed by atoms with van der Waals surface area (Å²) in [7, 11) is 2.98. The van der Waals surface area contributed by atoms with Gasteiger partial charge in [0.1, 0.15) is 5.75 Å². The van der Waals surface area contributed by atoms with Crippen LogP contribution in [0.25, 0.3) is 0 Å². The zero-order chi connectivity index (χ0) is 11.3. The van der Waals surface area contributed by atoms with E-state index in [9.17, 15) is 10.2 Å². The van der Waals surface area contributed by atoms with Gasteiger partial charge in [-0.1, -0.05) is 12.1 Å². The average Bonchev–Trinajstić information content (AvgIpc) is 2.29. The third-order valence-corrected chi connectivity index (χ3v) is 2.20. The lowest BCUT2D eigenvalue weighted by Crippen LogP contribution is -2.13. The first-order valence-electron chi connectivity index (χ1n) is 4.70. The lowest BCUT2D eigenvalue weighted by atomic mass is 10.1. The van der Waals surface area contributed by atoms with Crippen molar-refractivity contribution in [3.63, 3.8) is 0 Å². The highest BCUT2D eigenvalue weighted by Gasteiger charge is 2.12. The molecule has 4 nitrogen and oxygen atoms in total. The van der Waals surface area contributed by atoms with E-state index in [4.69, 9.17) is 4.74 Å². The normalized spacial score (nSPS) is 14.7. The molecule has 0 aliphatic heterocycles. The molecule has 0 spiro atoms. The number of hydrogen-bond donors (Lipinski definition) is 2. The maximum atomic E-state index is 9.70. The molecular formula is C11H16O4. The van der Waals surface area contributed by atoms with Crippen molar-refractivity contribution in [2.75, 3.05) is 14.2 Å². The molecule has 1 rings (SSSR count). The number of hydrogen-bond acceptors (Lipinski definition) is 4. The van der Waals surface area contributed by atoms with Crippen molar-refractivity contribution >= 4 is 0 Å². The van der Waals surface area contributed by atoms with Gasteiger partial charge in [0.05, 0.1) is 13.2 Å². The Kier molecular flexibility index (Phi) is 4.55. The van der Waals surface area contributed by atoms with E-state index in [0.29, 0.717) is 0 Å². The number of ether oxygens (including phenoxy) is 2. The van der Waals surface area contributed by atoms with Gasteiger partial charge >= 0.3 is 0 Å². The molecule has 0 heterocycles. The number of benzene rings is 1. The summed E-state index contributed by atoms with van der Waals surface area (Å²) in [5, 5.41) is 18.9. The van der Waals surface area contributed by atoms with Gasteiger partial charge in [0, 0.05) is 13.5 Å². The molecular weight excluding hydrogens is 196 g/mol. The predicted molar refractivity (Wildman–Crippen MR) is 55.6 cm³/mol. The van der Waals surface area contributed by atoms with Crippen LogP contribution in [0.4, 0.5) is 0 Å². The minimum Gasteiger partial charge on any atom is -0.497 e. The van der Waals surface area contributed by atoms with Crippen LogP contribution in [0, 0.1) is 0 Å². The average molecular weight is 212 g/mol. The van der Waals surface area contributed by atoms with E-state index in [1.54, 1.807) is 31.4 Å². The molecule has 0 saturated heterocycles. The summed E-state index contributed by atoms with van der Waals surface area (Å²) >= 11 is 0. The summed E-state index contributed by atoms with van der Waals surface area (Å²) in [6.07, 6.45) is -1.52. The molecule has 84 valence electrons. The van der Waals surface area contributed by atoms with Crippen LogP contribution >= 0.6 is 0 Å². The molecule has 2 unspecified atom stereocenters. The fourth-order valence-electron chi connectivity index (χ4n) is 1.25. The highest BCUT2D eigenvalue weighted by molar-refractivity contribution is 5.28. The van der Waals surface area contributed by atoms with Crippen LogP contribution in [0.3, 0.4) is 0 Å². The molecule has 0 bridgehead atoms. The predicted octanol–water partition coefficient (Wildman–Crippen LogP) is 1.08. The Hall–Kier alpha value is -1.10. The van der Waals surface area contributed by atoms with Crippen LogP contribution in [-0.4, -0.2) is 30.7 Å². The smallest absolute Gasteiger partial charge is 0.156 e. The van der Waals surface area contributed by atoms with Crippen molar-refractivity contribution in [1.29, 1.82) is 0 Å². The first-order valence-corrected chi connectivity index (χ1v) is 4.70. The minimum absolute atomic E-state index is 0.156. The van der Waals surface area contributed by atoms with Gasteiger partial charge in [-0.15, -0.1) is 0 Å². The maximum Gasteiger partial charge on any atom is 0.156 e. The first kappa shape index (κ1) is 12.0. The minimum atomic E-state index is -0.942. The second kappa shape index (κ2) is 5.70. The summed E-state index contributed by atoms with van der Waals surface area (Å²) in [6.45, 7) is 0. The number of methoxy groups -OCH3 is 2. The van der Waals surface area contributed by atoms with Gasteiger partial charge in [0.15, 0.2) is 6.29 Å². The van der Waals surface area contributed by atoms with E-state index in [0.717, 1.165) is 11.3 Å². The largest absolute Gasteiger partial charge is 0.497 e. The maximum absolute atomic E-state index is 9.70. The highest BCUT2D eigenvalue weighted by atomic mass is 16.6. The van der Waals surface area contributed by atoms with Crippen molar-refractivity contribution in [3.8, 4) is 5.75 Å². The molecule has 2 N–H and O–H groups in total. The molecule has 1 aromatic rings. The molecule has 0 amide bonds. The molecule has 0 fully saturated rings. The molecule has 2 atom stereocenters. The molecule has 1 aromatic carbocycles. The summed E-state index contributed by atoms with van der Waals surface area (Å²) in [5.74, 6) is 0.734. The van der Waals surface area contributed by atoms with Gasteiger partial charge in [-0.3, -0.25) is 0 Å². The van der Waals surface area contributed by atoms with Crippen molar-refractivity contribution < 1.29 is 19.7 Å². The van der Waals surface area contributed by atoms with Gasteiger partial charge in [0.25, 0.3) is 0 Å². The van der Waals surface area contributed by atoms with Gasteiger partial charge in [-0.2, -0.15) is 0 Å². The Morgan fingerprint density at radius 1 is 1.13 bits per heavy atom. The van der Waals surface area contributed by atoms with E-state index >= 15 is 0 Å². The Labute approximate surface area is 89.1 Å².